The number of hydrogen-bond acceptors (Lipinski definition) is 1. The Balaban J connectivity index is 0. The van der Waals surface area contributed by atoms with Crippen LogP contribution < -0.4 is 0 Å². The van der Waals surface area contributed by atoms with Gasteiger partial charge in [-0.2, -0.15) is 0 Å². The Labute approximate surface area is 125 Å². The van der Waals surface area contributed by atoms with Gasteiger partial charge in [-0.25, -0.2) is 4.79 Å². The van der Waals surface area contributed by atoms with Gasteiger partial charge < -0.3 is 5.11 Å². The molecule has 0 amide bonds. The third-order valence-electron chi connectivity index (χ3n) is 2.73. The van der Waals surface area contributed by atoms with E-state index in [0.717, 1.165) is 12.8 Å². The van der Waals surface area contributed by atoms with Gasteiger partial charge in [-0.1, -0.05) is 64.4 Å². The number of unbranched alkanes of at least 4 members (excludes halogenated alkanes) is 9. The fourth-order valence-corrected chi connectivity index (χ4v) is 1.76. The van der Waals surface area contributed by atoms with E-state index in [2.05, 4.69) is 6.92 Å². The van der Waals surface area contributed by atoms with Crippen molar-refractivity contribution in [1.29, 1.82) is 0 Å². The number of allylic oxidation sites excluding steroid dienone is 1. The number of aliphatic carboxylic acids is 1. The first-order valence-corrected chi connectivity index (χ1v) is 6.67. The summed E-state index contributed by atoms with van der Waals surface area (Å²) >= 11 is 0. The molecule has 0 fully saturated rings. The Morgan fingerprint density at radius 3 is 1.88 bits per heavy atom. The summed E-state index contributed by atoms with van der Waals surface area (Å²) in [6, 6.07) is 0. The summed E-state index contributed by atoms with van der Waals surface area (Å²) in [4.78, 5) is 10.2. The van der Waals surface area contributed by atoms with E-state index in [9.17, 15) is 4.79 Å². The average molecular weight is 344 g/mol. The van der Waals surface area contributed by atoms with Crippen LogP contribution in [-0.4, -0.2) is 36.9 Å². The van der Waals surface area contributed by atoms with Crippen LogP contribution in [0, 0.1) is 0 Å². The molecular formula is C14H29InO2. The molecule has 0 aliphatic heterocycles. The molecule has 0 bridgehead atoms. The van der Waals surface area contributed by atoms with Crippen molar-refractivity contribution >= 4 is 31.8 Å². The van der Waals surface area contributed by atoms with Crippen LogP contribution >= 0.6 is 0 Å². The molecule has 2 nitrogen and oxygen atoms in total. The van der Waals surface area contributed by atoms with Crippen molar-refractivity contribution in [3.8, 4) is 0 Å². The third kappa shape index (κ3) is 18.6. The summed E-state index contributed by atoms with van der Waals surface area (Å²) in [6.07, 6.45) is 15.7. The van der Waals surface area contributed by atoms with Crippen molar-refractivity contribution in [3.63, 3.8) is 0 Å². The van der Waals surface area contributed by atoms with E-state index >= 15 is 0 Å². The van der Waals surface area contributed by atoms with E-state index < -0.39 is 5.97 Å². The zero-order valence-electron chi connectivity index (χ0n) is 10.6. The summed E-state index contributed by atoms with van der Waals surface area (Å²) in [5.41, 5.74) is 0. The fourth-order valence-electron chi connectivity index (χ4n) is 1.76. The summed E-state index contributed by atoms with van der Waals surface area (Å²) in [6.45, 7) is 2.24. The molecule has 17 heavy (non-hydrogen) atoms. The van der Waals surface area contributed by atoms with Gasteiger partial charge in [0.25, 0.3) is 0 Å². The second-order valence-electron chi connectivity index (χ2n) is 4.36. The minimum atomic E-state index is -0.837. The van der Waals surface area contributed by atoms with Crippen LogP contribution in [0.4, 0.5) is 0 Å². The van der Waals surface area contributed by atoms with Crippen molar-refractivity contribution in [1.82, 2.24) is 0 Å². The topological polar surface area (TPSA) is 37.3 Å². The monoisotopic (exact) mass is 344 g/mol. The number of carbonyl (C=O) groups is 1. The van der Waals surface area contributed by atoms with E-state index in [-0.39, 0.29) is 25.8 Å². The summed E-state index contributed by atoms with van der Waals surface area (Å²) in [7, 11) is 0. The Hall–Kier alpha value is 0.0801. The minimum absolute atomic E-state index is 0. The van der Waals surface area contributed by atoms with Crippen molar-refractivity contribution in [3.05, 3.63) is 12.2 Å². The zero-order chi connectivity index (χ0) is 12.1. The Morgan fingerprint density at radius 1 is 0.941 bits per heavy atom. The van der Waals surface area contributed by atoms with Crippen LogP contribution in [0.15, 0.2) is 12.2 Å². The maximum absolute atomic E-state index is 10.2. The Bertz CT molecular complexity index is 191. The molecule has 0 radical (unpaired) electrons. The van der Waals surface area contributed by atoms with Crippen LogP contribution in [0.1, 0.15) is 71.1 Å². The molecule has 0 rings (SSSR count). The Morgan fingerprint density at radius 2 is 1.41 bits per heavy atom. The molecule has 0 aromatic rings. The van der Waals surface area contributed by atoms with E-state index in [1.165, 1.54) is 57.4 Å². The summed E-state index contributed by atoms with van der Waals surface area (Å²) in [5, 5.41) is 8.37. The second-order valence-corrected chi connectivity index (χ2v) is 4.36. The fraction of sp³-hybridized carbons (Fsp3) is 0.786. The van der Waals surface area contributed by atoms with Crippen molar-refractivity contribution in [2.75, 3.05) is 0 Å². The van der Waals surface area contributed by atoms with Crippen LogP contribution in [-0.2, 0) is 4.79 Å². The van der Waals surface area contributed by atoms with E-state index in [1.807, 2.05) is 0 Å². The van der Waals surface area contributed by atoms with Crippen molar-refractivity contribution in [2.24, 2.45) is 0 Å². The van der Waals surface area contributed by atoms with Gasteiger partial charge in [0.2, 0.25) is 0 Å². The predicted molar refractivity (Wildman–Crippen MR) is 78.6 cm³/mol. The van der Waals surface area contributed by atoms with Gasteiger partial charge in [0, 0.05) is 6.08 Å². The first-order chi connectivity index (χ1) is 7.77. The maximum atomic E-state index is 10.2. The molecule has 1 N–H and O–H groups in total. The molecule has 0 aromatic carbocycles. The molecule has 0 aromatic heterocycles. The standard InChI is InChI=1S/C14H26O2.In.3H/c1-2-3-4-5-6-7-8-9-10-11-12-13-14(15)16;;;;/h12-13H,2-11H2,1H3,(H,15,16);;;;. The van der Waals surface area contributed by atoms with Gasteiger partial charge in [0.15, 0.2) is 0 Å². The van der Waals surface area contributed by atoms with Gasteiger partial charge in [0.05, 0.1) is 0 Å². The van der Waals surface area contributed by atoms with Crippen LogP contribution in [0.3, 0.4) is 0 Å². The van der Waals surface area contributed by atoms with Gasteiger partial charge in [-0.15, -0.1) is 0 Å². The zero-order valence-corrected chi connectivity index (χ0v) is 10.6. The summed E-state index contributed by atoms with van der Waals surface area (Å²) < 4.78 is 0. The molecule has 0 aliphatic rings. The number of rotatable bonds is 11. The summed E-state index contributed by atoms with van der Waals surface area (Å²) in [5.74, 6) is -0.837. The van der Waals surface area contributed by atoms with E-state index in [1.54, 1.807) is 6.08 Å². The molecule has 0 atom stereocenters. The third-order valence-corrected chi connectivity index (χ3v) is 2.73. The molecule has 3 heteroatoms. The van der Waals surface area contributed by atoms with E-state index in [4.69, 9.17) is 5.11 Å². The molecule has 0 heterocycles. The first kappa shape index (κ1) is 19.4. The predicted octanol–water partition coefficient (Wildman–Crippen LogP) is 3.36. The van der Waals surface area contributed by atoms with Gasteiger partial charge in [-0.05, 0) is 12.8 Å². The molecule has 0 saturated heterocycles. The Kier molecular flexibility index (Phi) is 18.4. The molecular weight excluding hydrogens is 315 g/mol. The van der Waals surface area contributed by atoms with Crippen molar-refractivity contribution in [2.45, 2.75) is 71.1 Å². The number of carboxylic acid groups (broad SMARTS) is 1. The molecule has 0 aliphatic carbocycles. The quantitative estimate of drug-likeness (QED) is 0.461. The van der Waals surface area contributed by atoms with Crippen molar-refractivity contribution < 1.29 is 9.90 Å². The molecule has 0 saturated carbocycles. The van der Waals surface area contributed by atoms with Crippen LogP contribution in [0.5, 0.6) is 0 Å². The van der Waals surface area contributed by atoms with Crippen LogP contribution in [0.2, 0.25) is 0 Å². The number of carboxylic acids is 1. The SMILES string of the molecule is CCCCCCCCCCCC=CC(=O)O.[InH3]. The van der Waals surface area contributed by atoms with Crippen LogP contribution in [0.25, 0.3) is 0 Å². The van der Waals surface area contributed by atoms with Gasteiger partial charge >= 0.3 is 31.8 Å². The molecule has 0 unspecified atom stereocenters. The number of hydrogen-bond donors (Lipinski definition) is 1. The van der Waals surface area contributed by atoms with Gasteiger partial charge in [-0.3, -0.25) is 0 Å². The molecule has 100 valence electrons. The van der Waals surface area contributed by atoms with E-state index in [0.29, 0.717) is 0 Å². The molecule has 0 spiro atoms. The normalized spacial score (nSPS) is 10.4. The van der Waals surface area contributed by atoms with Gasteiger partial charge in [0.1, 0.15) is 0 Å². The first-order valence-electron chi connectivity index (χ1n) is 6.67. The average Bonchev–Trinajstić information content (AvgIpc) is 2.25. The second kappa shape index (κ2) is 16.1.